The molecule has 0 bridgehead atoms. The number of methoxy groups -OCH3 is 3. The van der Waals surface area contributed by atoms with Crippen LogP contribution in [0.25, 0.3) is 0 Å². The lowest BCUT2D eigenvalue weighted by Gasteiger charge is -2.46. The number of hydrogen-bond acceptors (Lipinski definition) is 7. The summed E-state index contributed by atoms with van der Waals surface area (Å²) in [7, 11) is 4.94. The van der Waals surface area contributed by atoms with Crippen LogP contribution < -0.4 is 29.0 Å². The molecule has 0 spiro atoms. The van der Waals surface area contributed by atoms with Gasteiger partial charge in [0.1, 0.15) is 5.75 Å². The summed E-state index contributed by atoms with van der Waals surface area (Å²) < 4.78 is 28.0. The molecule has 0 aliphatic carbocycles. The summed E-state index contributed by atoms with van der Waals surface area (Å²) in [5.74, 6) is 3.58. The first-order valence-electron chi connectivity index (χ1n) is 12.4. The molecule has 3 aliphatic rings. The number of benzene rings is 3. The van der Waals surface area contributed by atoms with Crippen molar-refractivity contribution >= 4 is 11.6 Å². The fourth-order valence-corrected chi connectivity index (χ4v) is 5.94. The third kappa shape index (κ3) is 4.11. The zero-order valence-electron chi connectivity index (χ0n) is 21.2. The van der Waals surface area contributed by atoms with Gasteiger partial charge in [0.05, 0.1) is 21.3 Å². The van der Waals surface area contributed by atoms with Crippen LogP contribution in [0.4, 0.5) is 5.69 Å². The Kier molecular flexibility index (Phi) is 6.04. The van der Waals surface area contributed by atoms with Crippen molar-refractivity contribution < 1.29 is 28.5 Å². The molecule has 0 radical (unpaired) electrons. The van der Waals surface area contributed by atoms with E-state index in [1.54, 1.807) is 21.3 Å². The van der Waals surface area contributed by atoms with E-state index in [1.807, 2.05) is 30.3 Å². The lowest BCUT2D eigenvalue weighted by Crippen LogP contribution is -2.42. The number of carbonyl (C=O) groups excluding carboxylic acids is 1. The minimum Gasteiger partial charge on any atom is -0.497 e. The molecule has 2 atom stereocenters. The van der Waals surface area contributed by atoms with Gasteiger partial charge in [-0.05, 0) is 65.6 Å². The Hall–Kier alpha value is -3.91. The van der Waals surface area contributed by atoms with Gasteiger partial charge in [-0.25, -0.2) is 0 Å². The molecule has 1 N–H and O–H groups in total. The van der Waals surface area contributed by atoms with Gasteiger partial charge in [-0.1, -0.05) is 6.07 Å². The lowest BCUT2D eigenvalue weighted by molar-refractivity contribution is -0.117. The Morgan fingerprint density at radius 2 is 1.76 bits per heavy atom. The molecule has 6 rings (SSSR count). The van der Waals surface area contributed by atoms with E-state index in [1.165, 1.54) is 11.1 Å². The minimum atomic E-state index is -0.0961. The van der Waals surface area contributed by atoms with Crippen LogP contribution in [0.1, 0.15) is 40.6 Å². The highest BCUT2D eigenvalue weighted by molar-refractivity contribution is 5.91. The summed E-state index contributed by atoms with van der Waals surface area (Å²) in [5, 5.41) is 3.07. The standard InChI is InChI=1S/C29H30N2O6/c1-33-19-6-4-18(5-7-19)30-27(32)14-22-20-8-9-24(34-2)29(35-3)23(20)15-31-11-10-17-12-25-26(37-16-36-25)13-21(17)28(22)31/h4-9,12-13,22,28H,10-11,14-16H2,1-3H3,(H,30,32). The number of rotatable bonds is 6. The Morgan fingerprint density at radius 3 is 2.49 bits per heavy atom. The third-order valence-corrected chi connectivity index (χ3v) is 7.62. The van der Waals surface area contributed by atoms with Crippen molar-refractivity contribution in [3.05, 3.63) is 70.8 Å². The molecule has 0 aromatic heterocycles. The Balaban J connectivity index is 1.40. The van der Waals surface area contributed by atoms with Crippen LogP contribution in [0.15, 0.2) is 48.5 Å². The molecule has 3 heterocycles. The van der Waals surface area contributed by atoms with Crippen LogP contribution >= 0.6 is 0 Å². The smallest absolute Gasteiger partial charge is 0.231 e. The number of ether oxygens (including phenoxy) is 5. The van der Waals surface area contributed by atoms with E-state index in [2.05, 4.69) is 28.4 Å². The molecule has 8 nitrogen and oxygen atoms in total. The van der Waals surface area contributed by atoms with E-state index in [4.69, 9.17) is 23.7 Å². The van der Waals surface area contributed by atoms with Gasteiger partial charge in [0.25, 0.3) is 0 Å². The first-order chi connectivity index (χ1) is 18.1. The van der Waals surface area contributed by atoms with Gasteiger partial charge in [-0.15, -0.1) is 0 Å². The monoisotopic (exact) mass is 502 g/mol. The number of nitrogens with zero attached hydrogens (tertiary/aromatic N) is 1. The number of nitrogens with one attached hydrogen (secondary N) is 1. The summed E-state index contributed by atoms with van der Waals surface area (Å²) in [5.41, 5.74) is 5.35. The van der Waals surface area contributed by atoms with Gasteiger partial charge in [0.15, 0.2) is 23.0 Å². The van der Waals surface area contributed by atoms with Crippen molar-refractivity contribution in [2.75, 3.05) is 40.0 Å². The Bertz CT molecular complexity index is 1340. The van der Waals surface area contributed by atoms with E-state index >= 15 is 0 Å². The fraction of sp³-hybridized carbons (Fsp3) is 0.345. The molecule has 8 heteroatoms. The van der Waals surface area contributed by atoms with Crippen molar-refractivity contribution in [1.82, 2.24) is 4.90 Å². The predicted octanol–water partition coefficient (Wildman–Crippen LogP) is 4.67. The minimum absolute atomic E-state index is 0.0190. The Labute approximate surface area is 216 Å². The zero-order valence-corrected chi connectivity index (χ0v) is 21.2. The number of fused-ring (bicyclic) bond motifs is 5. The quantitative estimate of drug-likeness (QED) is 0.525. The summed E-state index contributed by atoms with van der Waals surface area (Å²) in [4.78, 5) is 15.9. The van der Waals surface area contributed by atoms with Gasteiger partial charge < -0.3 is 29.0 Å². The molecular formula is C29H30N2O6. The number of anilines is 1. The summed E-state index contributed by atoms with van der Waals surface area (Å²) in [6.45, 7) is 1.82. The average Bonchev–Trinajstić information content (AvgIpc) is 3.38. The number of amides is 1. The first kappa shape index (κ1) is 23.5. The fourth-order valence-electron chi connectivity index (χ4n) is 5.94. The second-order valence-corrected chi connectivity index (χ2v) is 9.53. The predicted molar refractivity (Wildman–Crippen MR) is 138 cm³/mol. The van der Waals surface area contributed by atoms with Crippen LogP contribution in [0.2, 0.25) is 0 Å². The maximum atomic E-state index is 13.4. The lowest BCUT2D eigenvalue weighted by atomic mass is 9.74. The molecule has 3 aromatic carbocycles. The van der Waals surface area contributed by atoms with Gasteiger partial charge in [-0.2, -0.15) is 0 Å². The summed E-state index contributed by atoms with van der Waals surface area (Å²) in [6.07, 6.45) is 1.21. The second-order valence-electron chi connectivity index (χ2n) is 9.53. The summed E-state index contributed by atoms with van der Waals surface area (Å²) in [6, 6.07) is 15.6. The second kappa shape index (κ2) is 9.52. The molecule has 192 valence electrons. The third-order valence-electron chi connectivity index (χ3n) is 7.62. The van der Waals surface area contributed by atoms with E-state index in [-0.39, 0.29) is 24.7 Å². The Morgan fingerprint density at radius 1 is 0.973 bits per heavy atom. The van der Waals surface area contributed by atoms with Gasteiger partial charge in [-0.3, -0.25) is 9.69 Å². The highest BCUT2D eigenvalue weighted by atomic mass is 16.7. The van der Waals surface area contributed by atoms with Gasteiger partial charge >= 0.3 is 0 Å². The van der Waals surface area contributed by atoms with Crippen LogP contribution in [0.5, 0.6) is 28.7 Å². The van der Waals surface area contributed by atoms with E-state index < -0.39 is 0 Å². The molecule has 0 saturated carbocycles. The van der Waals surface area contributed by atoms with E-state index in [0.717, 1.165) is 52.8 Å². The molecule has 3 aliphatic heterocycles. The highest BCUT2D eigenvalue weighted by Crippen LogP contribution is 2.52. The SMILES string of the molecule is COc1ccc(NC(=O)CC2c3ccc(OC)c(OC)c3CN3CCc4cc5c(cc4C23)OCO5)cc1. The summed E-state index contributed by atoms with van der Waals surface area (Å²) >= 11 is 0. The van der Waals surface area contributed by atoms with Crippen LogP contribution in [-0.2, 0) is 17.8 Å². The number of carbonyl (C=O) groups is 1. The molecule has 1 amide bonds. The van der Waals surface area contributed by atoms with Gasteiger partial charge in [0.2, 0.25) is 12.7 Å². The van der Waals surface area contributed by atoms with Crippen LogP contribution in [-0.4, -0.2) is 45.5 Å². The van der Waals surface area contributed by atoms with Crippen molar-refractivity contribution in [2.24, 2.45) is 0 Å². The van der Waals surface area contributed by atoms with Crippen molar-refractivity contribution in [2.45, 2.75) is 31.3 Å². The average molecular weight is 503 g/mol. The molecule has 37 heavy (non-hydrogen) atoms. The molecular weight excluding hydrogens is 472 g/mol. The first-order valence-corrected chi connectivity index (χ1v) is 12.4. The van der Waals surface area contributed by atoms with E-state index in [0.29, 0.717) is 18.7 Å². The molecule has 0 saturated heterocycles. The number of hydrogen-bond donors (Lipinski definition) is 1. The molecule has 2 unspecified atom stereocenters. The van der Waals surface area contributed by atoms with Crippen molar-refractivity contribution in [1.29, 1.82) is 0 Å². The zero-order chi connectivity index (χ0) is 25.5. The maximum absolute atomic E-state index is 13.4. The van der Waals surface area contributed by atoms with Crippen molar-refractivity contribution in [3.63, 3.8) is 0 Å². The van der Waals surface area contributed by atoms with Gasteiger partial charge in [0, 0.05) is 42.7 Å². The topological polar surface area (TPSA) is 78.5 Å². The van der Waals surface area contributed by atoms with Crippen molar-refractivity contribution in [3.8, 4) is 28.7 Å². The van der Waals surface area contributed by atoms with E-state index in [9.17, 15) is 4.79 Å². The van der Waals surface area contributed by atoms with Crippen LogP contribution in [0.3, 0.4) is 0 Å². The normalized spacial score (nSPS) is 19.3. The highest BCUT2D eigenvalue weighted by Gasteiger charge is 2.42. The van der Waals surface area contributed by atoms with Crippen LogP contribution in [0, 0.1) is 0 Å². The molecule has 0 fully saturated rings. The maximum Gasteiger partial charge on any atom is 0.231 e. The largest absolute Gasteiger partial charge is 0.497 e. The molecule has 3 aromatic rings.